The van der Waals surface area contributed by atoms with Crippen molar-refractivity contribution in [1.82, 2.24) is 103 Å². The second-order valence-corrected chi connectivity index (χ2v) is 37.1. The average molecular weight is 2200 g/mol. The number of ether oxygens (including phenoxy) is 4. The third kappa shape index (κ3) is 28.1. The van der Waals surface area contributed by atoms with Gasteiger partial charge in [-0.25, -0.2) is 29.3 Å². The van der Waals surface area contributed by atoms with Crippen LogP contribution in [0, 0.1) is 0 Å². The molecule has 0 aliphatic carbocycles. The summed E-state index contributed by atoms with van der Waals surface area (Å²) in [7, 11) is 4.81. The molecule has 0 saturated heterocycles. The SMILES string of the molecule is C.C.C.CSCCl.CSCOc1ccc2cc(-n3ccc4ccncc43)ncc2c1.ClCOc1ccc2cc(-n3ccc4ccncc43)ncc2c1.FC(F)(F)c1ccc2nnn(OCOc3ccc4cc(-n5ccc6ccncc65)ncc4c3)c2c1.O=S(=O)(Cl)Cl.Oc1ccc2cc(-n3ccc4ccncc43)ncc2c1.On1nnc2ccc(C(F)(F)F)cc21.[18F-].[18F]COc1ccc2cc(-n3ccc4ccncc43)ncc2c1.[K+]. The summed E-state index contributed by atoms with van der Waals surface area (Å²) in [4.78, 5) is 50.2. The molecule has 0 radical (unpaired) electrons. The molecule has 0 fully saturated rings. The maximum Gasteiger partial charge on any atom is 1.00 e. The maximum absolute atomic E-state index is 13.0. The van der Waals surface area contributed by atoms with Crippen LogP contribution in [-0.4, -0.2) is 165 Å². The van der Waals surface area contributed by atoms with E-state index in [1.807, 2.05) is 220 Å². The van der Waals surface area contributed by atoms with E-state index in [0.29, 0.717) is 27.5 Å². The van der Waals surface area contributed by atoms with Gasteiger partial charge in [0.25, 0.3) is 6.79 Å². The fourth-order valence-electron chi connectivity index (χ4n) is 15.1. The van der Waals surface area contributed by atoms with Crippen LogP contribution in [0.1, 0.15) is 33.4 Å². The number of aromatic nitrogens is 21. The molecule has 24 aromatic rings. The predicted molar refractivity (Wildman–Crippen MR) is 570 cm³/mol. The topological polar surface area (TPSA) is 336 Å². The number of phenolic OH excluding ortho intramolecular Hbond substituents is 1. The molecule has 0 aliphatic rings. The number of rotatable bonds is 17. The molecular weight excluding hydrogens is 2110 g/mol. The number of hydrogen-bond donors (Lipinski definition) is 2. The van der Waals surface area contributed by atoms with Crippen molar-refractivity contribution in [2.24, 2.45) is 0 Å². The van der Waals surface area contributed by atoms with Crippen LogP contribution in [0.2, 0.25) is 0 Å². The van der Waals surface area contributed by atoms with E-state index >= 15 is 0 Å². The molecule has 7 aromatic carbocycles. The van der Waals surface area contributed by atoms with E-state index < -0.39 is 38.6 Å². The molecule has 0 spiro atoms. The van der Waals surface area contributed by atoms with Crippen LogP contribution in [0.25, 0.3) is 160 Å². The van der Waals surface area contributed by atoms with Gasteiger partial charge in [-0.3, -0.25) is 47.8 Å². The van der Waals surface area contributed by atoms with Gasteiger partial charge in [0.15, 0.2) is 6.07 Å². The van der Waals surface area contributed by atoms with Crippen molar-refractivity contribution in [3.63, 3.8) is 0 Å². The molecule has 764 valence electrons. The summed E-state index contributed by atoms with van der Waals surface area (Å²) >= 11 is 14.0. The molecular formula is C104H86Cl4F8KN21O9S3. The molecule has 2 N–H and O–H groups in total. The van der Waals surface area contributed by atoms with Crippen LogP contribution < -0.4 is 79.9 Å². The fourth-order valence-corrected chi connectivity index (χ4v) is 15.5. The molecule has 150 heavy (non-hydrogen) atoms. The molecule has 0 atom stereocenters. The van der Waals surface area contributed by atoms with Gasteiger partial charge in [0.2, 0.25) is 6.86 Å². The largest absolute Gasteiger partial charge is 1.00 e. The molecule has 17 heterocycles. The number of hydrogen-bond acceptors (Lipinski definition) is 25. The summed E-state index contributed by atoms with van der Waals surface area (Å²) in [6.07, 6.45) is 32.0. The monoisotopic (exact) mass is 2200 g/mol. The Morgan fingerprint density at radius 3 is 0.993 bits per heavy atom. The van der Waals surface area contributed by atoms with Crippen molar-refractivity contribution < 1.29 is 129 Å². The Bertz CT molecular complexity index is 8700. The minimum Gasteiger partial charge on any atom is -1.00 e. The summed E-state index contributed by atoms with van der Waals surface area (Å²) in [5, 5.41) is 48.9. The van der Waals surface area contributed by atoms with Gasteiger partial charge in [-0.05, 0) is 238 Å². The fraction of sp³-hybridized carbons (Fsp3) is 0.115. The first-order valence-electron chi connectivity index (χ1n) is 43.0. The van der Waals surface area contributed by atoms with Gasteiger partial charge in [-0.2, -0.15) is 34.8 Å². The van der Waals surface area contributed by atoms with Crippen molar-refractivity contribution in [3.8, 4) is 57.8 Å². The quantitative estimate of drug-likeness (QED) is 0.0213. The molecule has 46 heteroatoms. The Morgan fingerprint density at radius 1 is 0.360 bits per heavy atom. The van der Waals surface area contributed by atoms with Crippen LogP contribution in [0.3, 0.4) is 0 Å². The van der Waals surface area contributed by atoms with Crippen molar-refractivity contribution >= 4 is 207 Å². The summed E-state index contributed by atoms with van der Waals surface area (Å²) < 4.78 is 138. The molecule has 17 aromatic heterocycles. The Balaban J connectivity index is 0.000000158. The van der Waals surface area contributed by atoms with Crippen LogP contribution >= 0.6 is 68.1 Å². The minimum atomic E-state index is -4.48. The number of halogens is 12. The zero-order chi connectivity index (χ0) is 101. The number of nitrogens with zero attached hydrogens (tertiary/aromatic N) is 21. The van der Waals surface area contributed by atoms with Gasteiger partial charge < -0.3 is 38.8 Å². The zero-order valence-electron chi connectivity index (χ0n) is 76.8. The molecule has 30 nitrogen and oxygen atoms in total. The van der Waals surface area contributed by atoms with E-state index in [0.717, 1.165) is 184 Å². The molecule has 0 bridgehead atoms. The predicted octanol–water partition coefficient (Wildman–Crippen LogP) is 20.2. The van der Waals surface area contributed by atoms with Crippen LogP contribution in [0.15, 0.2) is 342 Å². The van der Waals surface area contributed by atoms with E-state index in [-0.39, 0.29) is 119 Å². The number of alkyl halides is 9. The van der Waals surface area contributed by atoms with Crippen molar-refractivity contribution in [1.29, 1.82) is 0 Å². The molecule has 0 saturated carbocycles. The van der Waals surface area contributed by atoms with Crippen molar-refractivity contribution in [2.75, 3.05) is 43.4 Å². The number of pyridine rings is 10. The first-order chi connectivity index (χ1) is 70.2. The second kappa shape index (κ2) is 52.0. The third-order valence-electron chi connectivity index (χ3n) is 21.9. The minimum absolute atomic E-state index is 0. The van der Waals surface area contributed by atoms with E-state index in [1.165, 1.54) is 6.07 Å². The van der Waals surface area contributed by atoms with E-state index in [9.17, 15) is 35.8 Å². The Hall–Kier alpha value is -14.7. The number of phenols is 1. The van der Waals surface area contributed by atoms with E-state index in [1.54, 1.807) is 116 Å². The molecule has 24 rings (SSSR count). The average Bonchev–Trinajstić information content (AvgIpc) is 1.59. The Labute approximate surface area is 920 Å². The standard InChI is InChI=1S/C24H15F3N6O2.C18H15N3OS.C17H12ClN3O.C17H12FN3O.C16H11N3O.C7H4F3N3O.C2H5ClS.3CH4.Cl2O2S.FH.K/c25-24(26,27)18-2-4-20-21(11-18)33(31-30-20)35-14-34-19-3-1-16-10-23(29-12-17(16)9-19)32-8-6-15-5-7-28-13-22(15)32;1-23-12-22-16-3-2-14-9-18(20-10-15(14)8-16)21-7-5-13-4-6-19-11-17(13)21;2*18-11-22-15-2-1-13-8-17(20-9-14(13)7-15)21-6-4-12-3-5-19-10-16(12)21;20-14-2-1-12-8-16(18-9-13(12)7-14)19-6-4-11-3-5-17-10-15(11)19;8-7(9,10)4-1-2-5-6(3-4)13(14)12-11-5;1-4-2-3;;;;1-5(2,3)4;;/h1-13H,14H2;2-11H,12H2,1H3;2*1-10H,11H2;1-10,20H;1-3,14H;2H2,1H3;3*1H4;;1H;/q;;;;;;;;;;;;+1/p-1/i;;;18-1;;;;;;;;1-1;. The summed E-state index contributed by atoms with van der Waals surface area (Å²) in [6, 6.07) is 64.3. The van der Waals surface area contributed by atoms with E-state index in [4.69, 9.17) is 60.6 Å². The number of aromatic hydroxyl groups is 1. The summed E-state index contributed by atoms with van der Waals surface area (Å²) in [5.41, 5.74) is 3.93. The van der Waals surface area contributed by atoms with Gasteiger partial charge in [-0.1, -0.05) is 73.9 Å². The van der Waals surface area contributed by atoms with Crippen LogP contribution in [0.4, 0.5) is 30.7 Å². The second-order valence-electron chi connectivity index (χ2n) is 30.9. The van der Waals surface area contributed by atoms with Gasteiger partial charge in [0, 0.05) is 168 Å². The van der Waals surface area contributed by atoms with Gasteiger partial charge in [-0.15, -0.1) is 45.3 Å². The Morgan fingerprint density at radius 2 is 0.667 bits per heavy atom. The zero-order valence-corrected chi connectivity index (χ0v) is 85.4. The van der Waals surface area contributed by atoms with Crippen LogP contribution in [0.5, 0.6) is 28.7 Å². The smallest absolute Gasteiger partial charge is 1.00 e. The number of fused-ring (bicyclic) bond motifs is 12. The first kappa shape index (κ1) is 114. The van der Waals surface area contributed by atoms with Crippen LogP contribution in [-0.2, 0) is 20.6 Å². The summed E-state index contributed by atoms with van der Waals surface area (Å²) in [6.45, 7) is -1.12. The van der Waals surface area contributed by atoms with Crippen molar-refractivity contribution in [2.45, 2.75) is 34.6 Å². The normalized spacial score (nSPS) is 11.0. The molecule has 0 aliphatic heterocycles. The van der Waals surface area contributed by atoms with Gasteiger partial charge in [0.1, 0.15) is 85.8 Å². The van der Waals surface area contributed by atoms with Crippen molar-refractivity contribution in [3.05, 3.63) is 353 Å². The first-order valence-corrected chi connectivity index (χ1v) is 50.0. The Kier molecular flexibility index (Phi) is 39.5. The molecule has 0 unspecified atom stereocenters. The maximum atomic E-state index is 13.0. The van der Waals surface area contributed by atoms with E-state index in [2.05, 4.69) is 121 Å². The van der Waals surface area contributed by atoms with Gasteiger partial charge >= 0.3 is 72.0 Å². The summed E-state index contributed by atoms with van der Waals surface area (Å²) in [5.74, 6) is 7.68. The van der Waals surface area contributed by atoms with Gasteiger partial charge in [0.05, 0.1) is 74.9 Å². The number of thioether (sulfide) groups is 2. The number of benzene rings is 7. The third-order valence-corrected chi connectivity index (χ3v) is 23.2. The molecule has 0 amide bonds.